The smallest absolute Gasteiger partial charge is 0.137 e. The maximum absolute atomic E-state index is 9.57. The first-order chi connectivity index (χ1) is 16.6. The molecule has 5 rings (SSSR count). The fraction of sp³-hybridized carbons (Fsp3) is 0.484. The normalized spacial score (nSPS) is 24.1. The summed E-state index contributed by atoms with van der Waals surface area (Å²) in [6, 6.07) is 8.87. The van der Waals surface area contributed by atoms with Crippen molar-refractivity contribution in [3.63, 3.8) is 0 Å². The van der Waals surface area contributed by atoms with Crippen molar-refractivity contribution in [2.75, 3.05) is 18.0 Å². The molecule has 1 unspecified atom stereocenters. The second kappa shape index (κ2) is 8.46. The van der Waals surface area contributed by atoms with E-state index in [4.69, 9.17) is 4.74 Å². The van der Waals surface area contributed by atoms with Gasteiger partial charge in [-0.25, -0.2) is 0 Å². The molecular formula is C31H35N3O. The summed E-state index contributed by atoms with van der Waals surface area (Å²) in [6.45, 7) is 13.9. The fourth-order valence-corrected chi connectivity index (χ4v) is 6.53. The highest BCUT2D eigenvalue weighted by molar-refractivity contribution is 5.70. The first-order valence-electron chi connectivity index (χ1n) is 12.9. The minimum absolute atomic E-state index is 0.170. The molecule has 35 heavy (non-hydrogen) atoms. The zero-order chi connectivity index (χ0) is 25.0. The van der Waals surface area contributed by atoms with Crippen LogP contribution in [0.3, 0.4) is 0 Å². The quantitative estimate of drug-likeness (QED) is 0.441. The van der Waals surface area contributed by atoms with Gasteiger partial charge in [-0.2, -0.15) is 10.5 Å². The summed E-state index contributed by atoms with van der Waals surface area (Å²) in [5.74, 6) is 1.91. The number of benzene rings is 1. The Labute approximate surface area is 209 Å². The Morgan fingerprint density at radius 2 is 1.66 bits per heavy atom. The summed E-state index contributed by atoms with van der Waals surface area (Å²) in [6.07, 6.45) is 11.2. The van der Waals surface area contributed by atoms with Crippen molar-refractivity contribution >= 4 is 11.8 Å². The van der Waals surface area contributed by atoms with E-state index in [1.807, 2.05) is 12.2 Å². The summed E-state index contributed by atoms with van der Waals surface area (Å²) in [4.78, 5) is 2.61. The number of rotatable bonds is 2. The zero-order valence-corrected chi connectivity index (χ0v) is 21.7. The van der Waals surface area contributed by atoms with Crippen LogP contribution in [-0.2, 0) is 17.6 Å². The molecule has 4 heteroatoms. The highest BCUT2D eigenvalue weighted by Crippen LogP contribution is 2.46. The monoisotopic (exact) mass is 465 g/mol. The third-order valence-corrected chi connectivity index (χ3v) is 7.76. The highest BCUT2D eigenvalue weighted by atomic mass is 16.5. The van der Waals surface area contributed by atoms with Crippen molar-refractivity contribution < 1.29 is 4.74 Å². The summed E-state index contributed by atoms with van der Waals surface area (Å²) in [5, 5.41) is 19.1. The van der Waals surface area contributed by atoms with E-state index in [9.17, 15) is 10.5 Å². The molecule has 1 aromatic carbocycles. The van der Waals surface area contributed by atoms with Crippen LogP contribution >= 0.6 is 0 Å². The van der Waals surface area contributed by atoms with E-state index >= 15 is 0 Å². The molecule has 1 aliphatic carbocycles. The molecule has 4 nitrogen and oxygen atoms in total. The second-order valence-corrected chi connectivity index (χ2v) is 12.4. The van der Waals surface area contributed by atoms with Gasteiger partial charge in [0, 0.05) is 35.8 Å². The molecule has 0 saturated carbocycles. The molecule has 1 aromatic rings. The van der Waals surface area contributed by atoms with Crippen LogP contribution in [0.4, 0.5) is 5.69 Å². The summed E-state index contributed by atoms with van der Waals surface area (Å²) < 4.78 is 6.35. The Bertz CT molecular complexity index is 1230. The molecule has 1 atom stereocenters. The number of hydrogen-bond donors (Lipinski definition) is 0. The van der Waals surface area contributed by atoms with Crippen molar-refractivity contribution in [2.24, 2.45) is 16.7 Å². The van der Waals surface area contributed by atoms with Crippen LogP contribution < -0.4 is 4.90 Å². The molecule has 0 saturated heterocycles. The predicted molar refractivity (Wildman–Crippen MR) is 140 cm³/mol. The highest BCUT2D eigenvalue weighted by Gasteiger charge is 2.38. The van der Waals surface area contributed by atoms with Gasteiger partial charge in [-0.1, -0.05) is 40.7 Å². The van der Waals surface area contributed by atoms with Gasteiger partial charge in [0.2, 0.25) is 0 Å². The minimum atomic E-state index is 0.170. The maximum Gasteiger partial charge on any atom is 0.137 e. The van der Waals surface area contributed by atoms with Gasteiger partial charge < -0.3 is 9.64 Å². The van der Waals surface area contributed by atoms with Gasteiger partial charge in [0.25, 0.3) is 0 Å². The summed E-state index contributed by atoms with van der Waals surface area (Å²) in [5.41, 5.74) is 7.95. The van der Waals surface area contributed by atoms with Crippen molar-refractivity contribution in [2.45, 2.75) is 66.7 Å². The van der Waals surface area contributed by atoms with E-state index in [-0.39, 0.29) is 22.3 Å². The van der Waals surface area contributed by atoms with E-state index in [0.717, 1.165) is 62.1 Å². The van der Waals surface area contributed by atoms with Gasteiger partial charge in [0.05, 0.1) is 0 Å². The molecule has 0 amide bonds. The third-order valence-electron chi connectivity index (χ3n) is 7.76. The molecule has 0 fully saturated rings. The Kier molecular flexibility index (Phi) is 5.68. The van der Waals surface area contributed by atoms with Gasteiger partial charge in [0.15, 0.2) is 0 Å². The standard InChI is InChI=1S/C31H35N3O/c1-20-7-6-8-26-27(24(16-32)17-33)13-25(35-29(20)26)10-9-21-11-22-14-30(2,3)18-34-19-31(4,5)15-23(12-21)28(22)34/h9-13,20H,6-8,14-15,18-19H2,1-5H3/b10-9+. The van der Waals surface area contributed by atoms with Gasteiger partial charge in [-0.15, -0.1) is 0 Å². The van der Waals surface area contributed by atoms with Gasteiger partial charge in [-0.05, 0) is 83.9 Å². The number of allylic oxidation sites excluding steroid dienone is 6. The van der Waals surface area contributed by atoms with E-state index in [2.05, 4.69) is 69.9 Å². The Morgan fingerprint density at radius 1 is 1.03 bits per heavy atom. The Balaban J connectivity index is 1.53. The van der Waals surface area contributed by atoms with Crippen LogP contribution in [0.2, 0.25) is 0 Å². The molecule has 3 aliphatic heterocycles. The van der Waals surface area contributed by atoms with E-state index in [0.29, 0.717) is 5.76 Å². The molecule has 180 valence electrons. The van der Waals surface area contributed by atoms with Gasteiger partial charge >= 0.3 is 0 Å². The van der Waals surface area contributed by atoms with Crippen LogP contribution in [0.25, 0.3) is 6.08 Å². The van der Waals surface area contributed by atoms with Crippen LogP contribution in [-0.4, -0.2) is 13.1 Å². The molecule has 3 heterocycles. The molecule has 0 aromatic heterocycles. The van der Waals surface area contributed by atoms with Crippen molar-refractivity contribution in [3.8, 4) is 12.1 Å². The first kappa shape index (κ1) is 23.5. The molecule has 0 N–H and O–H groups in total. The van der Waals surface area contributed by atoms with Crippen molar-refractivity contribution in [1.82, 2.24) is 0 Å². The van der Waals surface area contributed by atoms with Crippen LogP contribution in [0.15, 0.2) is 52.5 Å². The minimum Gasteiger partial charge on any atom is -0.461 e. The van der Waals surface area contributed by atoms with Crippen LogP contribution in [0.1, 0.15) is 70.6 Å². The van der Waals surface area contributed by atoms with Crippen molar-refractivity contribution in [3.05, 3.63) is 69.2 Å². The molecule has 0 bridgehead atoms. The zero-order valence-electron chi connectivity index (χ0n) is 21.7. The average Bonchev–Trinajstić information content (AvgIpc) is 2.77. The third kappa shape index (κ3) is 4.43. The molecule has 4 aliphatic rings. The topological polar surface area (TPSA) is 60.0 Å². The average molecular weight is 466 g/mol. The number of hydrogen-bond acceptors (Lipinski definition) is 4. The fourth-order valence-electron chi connectivity index (χ4n) is 6.53. The largest absolute Gasteiger partial charge is 0.461 e. The maximum atomic E-state index is 9.57. The molecular weight excluding hydrogens is 430 g/mol. The van der Waals surface area contributed by atoms with Crippen LogP contribution in [0, 0.1) is 39.4 Å². The number of anilines is 1. The van der Waals surface area contributed by atoms with Crippen LogP contribution in [0.5, 0.6) is 0 Å². The lowest BCUT2D eigenvalue weighted by Gasteiger charge is -2.48. The summed E-state index contributed by atoms with van der Waals surface area (Å²) >= 11 is 0. The lowest BCUT2D eigenvalue weighted by molar-refractivity contribution is 0.243. The van der Waals surface area contributed by atoms with Gasteiger partial charge in [0.1, 0.15) is 29.2 Å². The SMILES string of the molecule is CC1CCCC2=C1OC(/C=C/c1cc3c4c(c1)CC(C)(C)CN4CC(C)(C)C3)=CC2=C(C#N)C#N. The lowest BCUT2D eigenvalue weighted by atomic mass is 9.73. The van der Waals surface area contributed by atoms with Gasteiger partial charge in [-0.3, -0.25) is 0 Å². The second-order valence-electron chi connectivity index (χ2n) is 12.4. The first-order valence-corrected chi connectivity index (χ1v) is 12.9. The lowest BCUT2D eigenvalue weighted by Crippen LogP contribution is -2.48. The Morgan fingerprint density at radius 3 is 2.26 bits per heavy atom. The predicted octanol–water partition coefficient (Wildman–Crippen LogP) is 7.00. The Hall–Kier alpha value is -3.24. The summed E-state index contributed by atoms with van der Waals surface area (Å²) in [7, 11) is 0. The number of nitriles is 2. The van der Waals surface area contributed by atoms with Crippen molar-refractivity contribution in [1.29, 1.82) is 10.5 Å². The molecule has 0 radical (unpaired) electrons. The molecule has 0 spiro atoms. The number of ether oxygens (including phenoxy) is 1. The van der Waals surface area contributed by atoms with E-state index < -0.39 is 0 Å². The van der Waals surface area contributed by atoms with E-state index in [1.54, 1.807) is 0 Å². The number of nitrogens with zero attached hydrogens (tertiary/aromatic N) is 3. The van der Waals surface area contributed by atoms with E-state index in [1.165, 1.54) is 22.4 Å².